The number of hydrogen-bond donors (Lipinski definition) is 3. The summed E-state index contributed by atoms with van der Waals surface area (Å²) >= 11 is 0. The molecule has 4 rings (SSSR count). The van der Waals surface area contributed by atoms with Crippen molar-refractivity contribution in [3.05, 3.63) is 72.1 Å². The van der Waals surface area contributed by atoms with E-state index >= 15 is 0 Å². The first-order valence-corrected chi connectivity index (χ1v) is 8.95. The summed E-state index contributed by atoms with van der Waals surface area (Å²) in [6.45, 7) is 4.36. The van der Waals surface area contributed by atoms with Gasteiger partial charge in [0.1, 0.15) is 0 Å². The summed E-state index contributed by atoms with van der Waals surface area (Å²) in [6, 6.07) is 17.5. The standard InChI is InChI=1S/C19H16N.ClH3O4/c1-13-6-9-17-15(11-13)7-8-16-12-20-10-4-3-5-18(20)14(2)19(16)17;2-1(3,4)5/h3-12H,1-2H3;2-4H/q+1;. The van der Waals surface area contributed by atoms with Crippen molar-refractivity contribution in [2.45, 2.75) is 13.8 Å². The fourth-order valence-corrected chi connectivity index (χ4v) is 3.16. The minimum atomic E-state index is -4.19. The zero-order valence-electron chi connectivity index (χ0n) is 13.8. The van der Waals surface area contributed by atoms with Gasteiger partial charge in [-0.25, -0.2) is 0 Å². The Balaban J connectivity index is 0.000000324. The Morgan fingerprint density at radius 2 is 1.60 bits per heavy atom. The first kappa shape index (κ1) is 17.5. The van der Waals surface area contributed by atoms with Gasteiger partial charge in [0, 0.05) is 28.5 Å². The summed E-state index contributed by atoms with van der Waals surface area (Å²) in [5.41, 5.74) is 3.93. The van der Waals surface area contributed by atoms with Crippen molar-refractivity contribution in [3.63, 3.8) is 0 Å². The van der Waals surface area contributed by atoms with Crippen LogP contribution in [0.25, 0.3) is 27.1 Å². The van der Waals surface area contributed by atoms with Crippen LogP contribution < -0.4 is 9.06 Å². The van der Waals surface area contributed by atoms with Gasteiger partial charge in [0.05, 0.1) is 0 Å². The second kappa shape index (κ2) is 6.55. The Labute approximate surface area is 146 Å². The zero-order chi connectivity index (χ0) is 18.2. The van der Waals surface area contributed by atoms with E-state index in [2.05, 4.69) is 79.2 Å². The van der Waals surface area contributed by atoms with Gasteiger partial charge in [0.25, 0.3) is 0 Å². The molecular weight excluding hydrogens is 342 g/mol. The molecule has 0 amide bonds. The van der Waals surface area contributed by atoms with Gasteiger partial charge in [-0.2, -0.15) is 4.40 Å². The third-order valence-electron chi connectivity index (χ3n) is 4.13. The number of fused-ring (bicyclic) bond motifs is 4. The van der Waals surface area contributed by atoms with Crippen molar-refractivity contribution in [1.82, 2.24) is 0 Å². The molecule has 0 spiro atoms. The topological polar surface area (TPSA) is 87.9 Å². The van der Waals surface area contributed by atoms with Gasteiger partial charge in [0.2, 0.25) is 5.52 Å². The molecule has 0 radical (unpaired) electrons. The van der Waals surface area contributed by atoms with Crippen molar-refractivity contribution in [1.29, 1.82) is 0 Å². The summed E-state index contributed by atoms with van der Waals surface area (Å²) in [4.78, 5) is 0. The van der Waals surface area contributed by atoms with E-state index in [0.29, 0.717) is 0 Å². The zero-order valence-corrected chi connectivity index (χ0v) is 14.6. The van der Waals surface area contributed by atoms with Crippen molar-refractivity contribution >= 4 is 27.1 Å². The predicted octanol–water partition coefficient (Wildman–Crippen LogP) is 1.49. The van der Waals surface area contributed by atoms with Gasteiger partial charge in [-0.05, 0) is 36.8 Å². The van der Waals surface area contributed by atoms with Gasteiger partial charge in [-0.3, -0.25) is 0 Å². The molecular formula is C19H19ClNO4+. The second-order valence-corrected chi connectivity index (χ2v) is 6.80. The molecule has 2 aromatic carbocycles. The number of nitrogens with zero attached hydrogens (tertiary/aromatic N) is 1. The molecule has 5 nitrogen and oxygen atoms in total. The molecule has 2 aromatic heterocycles. The third-order valence-corrected chi connectivity index (χ3v) is 4.13. The molecule has 0 aliphatic carbocycles. The van der Waals surface area contributed by atoms with Gasteiger partial charge in [0.15, 0.2) is 12.4 Å². The van der Waals surface area contributed by atoms with Crippen LogP contribution in [0.4, 0.5) is 0 Å². The quantitative estimate of drug-likeness (QED) is 0.252. The number of pyridine rings is 2. The molecule has 0 fully saturated rings. The molecule has 130 valence electrons. The maximum atomic E-state index is 8.83. The van der Waals surface area contributed by atoms with E-state index in [0.717, 1.165) is 0 Å². The summed E-state index contributed by atoms with van der Waals surface area (Å²) in [5.74, 6) is 0. The molecule has 4 aromatic rings. The minimum absolute atomic E-state index is 1.27. The van der Waals surface area contributed by atoms with E-state index in [1.54, 1.807) is 0 Å². The van der Waals surface area contributed by atoms with Crippen molar-refractivity contribution in [2.75, 3.05) is 0 Å². The third kappa shape index (κ3) is 3.87. The maximum absolute atomic E-state index is 8.83. The van der Waals surface area contributed by atoms with Gasteiger partial charge in [-0.1, -0.05) is 29.8 Å². The summed E-state index contributed by atoms with van der Waals surface area (Å²) in [5, 5.41) is 5.33. The van der Waals surface area contributed by atoms with Gasteiger partial charge >= 0.3 is 28.9 Å². The normalized spacial score (nSPS) is 12.2. The first-order chi connectivity index (χ1) is 11.7. The fraction of sp³-hybridized carbons (Fsp3) is 0.105. The monoisotopic (exact) mass is 360 g/mol. The molecule has 0 saturated carbocycles. The van der Waals surface area contributed by atoms with Gasteiger partial charge < -0.3 is 0 Å². The molecule has 0 aliphatic heterocycles. The second-order valence-electron chi connectivity index (χ2n) is 5.94. The first-order valence-electron chi connectivity index (χ1n) is 7.63. The van der Waals surface area contributed by atoms with Crippen LogP contribution in [0, 0.1) is 24.1 Å². The van der Waals surface area contributed by atoms with Crippen LogP contribution in [-0.2, 0) is 0 Å². The Hall–Kier alpha value is -2.28. The molecule has 0 atom stereocenters. The number of hydrogen-bond acceptors (Lipinski definition) is 4. The Morgan fingerprint density at radius 1 is 0.920 bits per heavy atom. The van der Waals surface area contributed by atoms with E-state index in [-0.39, 0.29) is 0 Å². The van der Waals surface area contributed by atoms with E-state index in [9.17, 15) is 0 Å². The number of benzene rings is 2. The molecule has 3 N–H and O–H groups in total. The van der Waals surface area contributed by atoms with Crippen molar-refractivity contribution in [2.24, 2.45) is 0 Å². The Morgan fingerprint density at radius 3 is 2.32 bits per heavy atom. The molecule has 0 bridgehead atoms. The Bertz CT molecular complexity index is 1070. The van der Waals surface area contributed by atoms with Crippen molar-refractivity contribution < 1.29 is 33.3 Å². The van der Waals surface area contributed by atoms with Crippen LogP contribution in [0.2, 0.25) is 0 Å². The summed E-state index contributed by atoms with van der Waals surface area (Å²) < 4.78 is 32.4. The van der Waals surface area contributed by atoms with Crippen LogP contribution in [-0.4, -0.2) is 14.0 Å². The van der Waals surface area contributed by atoms with Crippen LogP contribution in [0.1, 0.15) is 11.1 Å². The number of halogens is 1. The average Bonchev–Trinajstić information content (AvgIpc) is 2.53. The molecule has 0 saturated heterocycles. The van der Waals surface area contributed by atoms with Gasteiger partial charge in [-0.15, -0.1) is 0 Å². The number of aryl methyl sites for hydroxylation is 2. The predicted molar refractivity (Wildman–Crippen MR) is 90.7 cm³/mol. The fourth-order valence-electron chi connectivity index (χ4n) is 3.16. The average molecular weight is 361 g/mol. The van der Waals surface area contributed by atoms with Crippen LogP contribution in [0.15, 0.2) is 60.9 Å². The summed E-state index contributed by atoms with van der Waals surface area (Å²) in [7, 11) is -4.19. The SMILES string of the molecule is Cc1ccc2c(ccc3c[n+]4ccccc4c(C)c32)c1.[O-][Cl+](O)(O)O. The molecule has 6 heteroatoms. The molecule has 2 heterocycles. The number of rotatable bonds is 0. The van der Waals surface area contributed by atoms with Crippen LogP contribution >= 0.6 is 0 Å². The molecule has 0 aliphatic rings. The van der Waals surface area contributed by atoms with E-state index in [1.807, 2.05) is 0 Å². The van der Waals surface area contributed by atoms with Crippen LogP contribution in [0.3, 0.4) is 0 Å². The molecule has 0 unspecified atom stereocenters. The van der Waals surface area contributed by atoms with Crippen LogP contribution in [0.5, 0.6) is 0 Å². The van der Waals surface area contributed by atoms with E-state index < -0.39 is 10.2 Å². The molecule has 25 heavy (non-hydrogen) atoms. The van der Waals surface area contributed by atoms with E-state index in [1.165, 1.54) is 38.2 Å². The Kier molecular flexibility index (Phi) is 4.60. The summed E-state index contributed by atoms with van der Waals surface area (Å²) in [6.07, 6.45) is 4.33. The van der Waals surface area contributed by atoms with Crippen molar-refractivity contribution in [3.8, 4) is 0 Å². The van der Waals surface area contributed by atoms with E-state index in [4.69, 9.17) is 18.6 Å². The number of aromatic nitrogens is 1.